The lowest BCUT2D eigenvalue weighted by Gasteiger charge is -2.30. The standard InChI is InChI=1S/C12H22N2O5S/c1-20(18,19)7-4-9(13)11(17)14-12(8-10(15)16)5-2-3-6-12/h9H,2-8,13H2,1H3,(H,14,17)(H,15,16). The molecule has 0 aliphatic heterocycles. The normalized spacial score (nSPS) is 19.5. The second-order valence-electron chi connectivity index (χ2n) is 5.57. The van der Waals surface area contributed by atoms with Crippen LogP contribution in [0.3, 0.4) is 0 Å². The lowest BCUT2D eigenvalue weighted by Crippen LogP contribution is -2.53. The fourth-order valence-electron chi connectivity index (χ4n) is 2.51. The van der Waals surface area contributed by atoms with Gasteiger partial charge in [-0.05, 0) is 19.3 Å². The van der Waals surface area contributed by atoms with Gasteiger partial charge in [-0.3, -0.25) is 9.59 Å². The summed E-state index contributed by atoms with van der Waals surface area (Å²) in [5, 5.41) is 11.7. The summed E-state index contributed by atoms with van der Waals surface area (Å²) in [5.74, 6) is -1.60. The minimum Gasteiger partial charge on any atom is -0.481 e. The number of hydrogen-bond acceptors (Lipinski definition) is 5. The molecule has 1 rings (SSSR count). The fraction of sp³-hybridized carbons (Fsp3) is 0.833. The quantitative estimate of drug-likeness (QED) is 0.590. The van der Waals surface area contributed by atoms with Gasteiger partial charge in [-0.25, -0.2) is 8.42 Å². The first-order valence-corrected chi connectivity index (χ1v) is 8.67. The molecule has 0 aromatic carbocycles. The van der Waals surface area contributed by atoms with E-state index in [0.717, 1.165) is 19.1 Å². The maximum atomic E-state index is 12.0. The molecule has 1 fully saturated rings. The number of carbonyl (C=O) groups is 2. The highest BCUT2D eigenvalue weighted by molar-refractivity contribution is 7.90. The highest BCUT2D eigenvalue weighted by Crippen LogP contribution is 2.32. The van der Waals surface area contributed by atoms with Crippen LogP contribution in [0.4, 0.5) is 0 Å². The van der Waals surface area contributed by atoms with E-state index in [4.69, 9.17) is 10.8 Å². The molecule has 7 nitrogen and oxygen atoms in total. The summed E-state index contributed by atoms with van der Waals surface area (Å²) in [6.07, 6.45) is 3.96. The summed E-state index contributed by atoms with van der Waals surface area (Å²) in [4.78, 5) is 22.9. The Kier molecular flexibility index (Phi) is 5.52. The number of nitrogens with two attached hydrogens (primary N) is 1. The molecule has 1 saturated carbocycles. The Bertz CT molecular complexity index is 468. The van der Waals surface area contributed by atoms with Crippen LogP contribution in [-0.4, -0.2) is 49.0 Å². The number of carbonyl (C=O) groups excluding carboxylic acids is 1. The van der Waals surface area contributed by atoms with E-state index in [1.54, 1.807) is 0 Å². The Morgan fingerprint density at radius 2 is 1.90 bits per heavy atom. The van der Waals surface area contributed by atoms with Gasteiger partial charge in [0.1, 0.15) is 9.84 Å². The maximum absolute atomic E-state index is 12.0. The molecule has 0 spiro atoms. The predicted octanol–water partition coefficient (Wildman–Crippen LogP) is -0.348. The highest BCUT2D eigenvalue weighted by atomic mass is 32.2. The molecule has 0 aromatic heterocycles. The van der Waals surface area contributed by atoms with E-state index in [9.17, 15) is 18.0 Å². The smallest absolute Gasteiger partial charge is 0.305 e. The van der Waals surface area contributed by atoms with E-state index in [2.05, 4.69) is 5.32 Å². The molecule has 0 saturated heterocycles. The third kappa shape index (κ3) is 5.46. The van der Waals surface area contributed by atoms with Crippen LogP contribution >= 0.6 is 0 Å². The maximum Gasteiger partial charge on any atom is 0.305 e. The van der Waals surface area contributed by atoms with Crippen LogP contribution in [0.5, 0.6) is 0 Å². The van der Waals surface area contributed by atoms with Crippen LogP contribution in [-0.2, 0) is 19.4 Å². The molecule has 1 aliphatic rings. The predicted molar refractivity (Wildman–Crippen MR) is 73.9 cm³/mol. The molecule has 0 heterocycles. The van der Waals surface area contributed by atoms with E-state index < -0.39 is 33.3 Å². The minimum atomic E-state index is -3.17. The van der Waals surface area contributed by atoms with E-state index >= 15 is 0 Å². The van der Waals surface area contributed by atoms with Crippen molar-refractivity contribution in [1.82, 2.24) is 5.32 Å². The van der Waals surface area contributed by atoms with E-state index in [1.165, 1.54) is 0 Å². The van der Waals surface area contributed by atoms with Crippen molar-refractivity contribution in [2.75, 3.05) is 12.0 Å². The number of sulfone groups is 1. The van der Waals surface area contributed by atoms with Crippen LogP contribution in [0.25, 0.3) is 0 Å². The zero-order valence-electron chi connectivity index (χ0n) is 11.6. The number of rotatable bonds is 7. The van der Waals surface area contributed by atoms with Gasteiger partial charge in [-0.2, -0.15) is 0 Å². The van der Waals surface area contributed by atoms with Gasteiger partial charge in [0.15, 0.2) is 0 Å². The van der Waals surface area contributed by atoms with Crippen molar-refractivity contribution in [2.24, 2.45) is 5.73 Å². The Labute approximate surface area is 118 Å². The van der Waals surface area contributed by atoms with Crippen LogP contribution < -0.4 is 11.1 Å². The van der Waals surface area contributed by atoms with Gasteiger partial charge in [0.05, 0.1) is 23.8 Å². The molecular weight excluding hydrogens is 284 g/mol. The number of nitrogens with one attached hydrogen (secondary N) is 1. The number of aliphatic carboxylic acids is 1. The molecule has 0 radical (unpaired) electrons. The van der Waals surface area contributed by atoms with Crippen LogP contribution in [0.1, 0.15) is 38.5 Å². The average Bonchev–Trinajstić information content (AvgIpc) is 2.72. The average molecular weight is 306 g/mol. The van der Waals surface area contributed by atoms with Crippen molar-refractivity contribution in [3.05, 3.63) is 0 Å². The lowest BCUT2D eigenvalue weighted by molar-refractivity contribution is -0.139. The molecular formula is C12H22N2O5S. The zero-order valence-corrected chi connectivity index (χ0v) is 12.4. The minimum absolute atomic E-state index is 0.0355. The molecule has 1 unspecified atom stereocenters. The first kappa shape index (κ1) is 16.9. The Morgan fingerprint density at radius 3 is 2.35 bits per heavy atom. The van der Waals surface area contributed by atoms with Crippen molar-refractivity contribution in [3.63, 3.8) is 0 Å². The van der Waals surface area contributed by atoms with Crippen molar-refractivity contribution in [1.29, 1.82) is 0 Å². The molecule has 4 N–H and O–H groups in total. The van der Waals surface area contributed by atoms with Crippen molar-refractivity contribution in [3.8, 4) is 0 Å². The first-order valence-electron chi connectivity index (χ1n) is 6.61. The number of carboxylic acids is 1. The molecule has 1 amide bonds. The van der Waals surface area contributed by atoms with Crippen molar-refractivity contribution < 1.29 is 23.1 Å². The zero-order chi connectivity index (χ0) is 15.4. The summed E-state index contributed by atoms with van der Waals surface area (Å²) in [5.41, 5.74) is 4.94. The van der Waals surface area contributed by atoms with Crippen molar-refractivity contribution >= 4 is 21.7 Å². The van der Waals surface area contributed by atoms with Gasteiger partial charge in [0.2, 0.25) is 5.91 Å². The number of hydrogen-bond donors (Lipinski definition) is 3. The number of carboxylic acid groups (broad SMARTS) is 1. The molecule has 116 valence electrons. The van der Waals surface area contributed by atoms with E-state index in [0.29, 0.717) is 12.8 Å². The van der Waals surface area contributed by atoms with Crippen molar-refractivity contribution in [2.45, 2.75) is 50.1 Å². The first-order chi connectivity index (χ1) is 9.14. The monoisotopic (exact) mass is 306 g/mol. The summed E-state index contributed by atoms with van der Waals surface area (Å²) in [6.45, 7) is 0. The van der Waals surface area contributed by atoms with E-state index in [1.807, 2.05) is 0 Å². The highest BCUT2D eigenvalue weighted by Gasteiger charge is 2.38. The van der Waals surface area contributed by atoms with Gasteiger partial charge in [-0.15, -0.1) is 0 Å². The third-order valence-electron chi connectivity index (χ3n) is 3.58. The second-order valence-corrected chi connectivity index (χ2v) is 7.83. The summed E-state index contributed by atoms with van der Waals surface area (Å²) in [7, 11) is -3.17. The summed E-state index contributed by atoms with van der Waals surface area (Å²) in [6, 6.07) is -0.934. The van der Waals surface area contributed by atoms with E-state index in [-0.39, 0.29) is 18.6 Å². The Hall–Kier alpha value is -1.15. The van der Waals surface area contributed by atoms with Gasteiger partial charge in [-0.1, -0.05) is 12.8 Å². The van der Waals surface area contributed by atoms with Gasteiger partial charge >= 0.3 is 5.97 Å². The SMILES string of the molecule is CS(=O)(=O)CCC(N)C(=O)NC1(CC(=O)O)CCCC1. The third-order valence-corrected chi connectivity index (χ3v) is 4.55. The Morgan fingerprint density at radius 1 is 1.35 bits per heavy atom. The second kappa shape index (κ2) is 6.53. The number of amides is 1. The molecule has 1 aliphatic carbocycles. The Balaban J connectivity index is 2.60. The molecule has 0 bridgehead atoms. The largest absolute Gasteiger partial charge is 0.481 e. The summed E-state index contributed by atoms with van der Waals surface area (Å²) >= 11 is 0. The topological polar surface area (TPSA) is 127 Å². The van der Waals surface area contributed by atoms with Crippen LogP contribution in [0.2, 0.25) is 0 Å². The lowest BCUT2D eigenvalue weighted by atomic mass is 9.92. The van der Waals surface area contributed by atoms with Crippen LogP contribution in [0, 0.1) is 0 Å². The van der Waals surface area contributed by atoms with Gasteiger partial charge in [0, 0.05) is 6.26 Å². The molecule has 20 heavy (non-hydrogen) atoms. The fourth-order valence-corrected chi connectivity index (χ4v) is 3.20. The summed E-state index contributed by atoms with van der Waals surface area (Å²) < 4.78 is 22.1. The van der Waals surface area contributed by atoms with Gasteiger partial charge in [0.25, 0.3) is 0 Å². The molecule has 0 aromatic rings. The molecule has 1 atom stereocenters. The molecule has 8 heteroatoms. The van der Waals surface area contributed by atoms with Gasteiger partial charge < -0.3 is 16.2 Å². The van der Waals surface area contributed by atoms with Crippen LogP contribution in [0.15, 0.2) is 0 Å².